The number of likely N-dealkylation sites (N-methyl/N-ethyl adjacent to an activating group) is 1. The molecule has 0 heterocycles. The zero-order chi connectivity index (χ0) is 11.7. The lowest BCUT2D eigenvalue weighted by Crippen LogP contribution is -2.49. The second kappa shape index (κ2) is 8.64. The number of carbonyl (C=O) groups excluding carboxylic acids is 1. The summed E-state index contributed by atoms with van der Waals surface area (Å²) < 4.78 is 4.96. The molecule has 15 heavy (non-hydrogen) atoms. The molecule has 0 saturated carbocycles. The minimum atomic E-state index is -0.298. The highest BCUT2D eigenvalue weighted by molar-refractivity contribution is 5.80. The number of amides is 1. The summed E-state index contributed by atoms with van der Waals surface area (Å²) in [4.78, 5) is 13.1. The molecule has 5 nitrogen and oxygen atoms in total. The number of ether oxygens (including phenoxy) is 1. The number of methoxy groups -OCH3 is 1. The van der Waals surface area contributed by atoms with Crippen molar-refractivity contribution in [2.45, 2.75) is 19.4 Å². The Morgan fingerprint density at radius 3 is 2.73 bits per heavy atom. The van der Waals surface area contributed by atoms with Crippen molar-refractivity contribution in [3.63, 3.8) is 0 Å². The van der Waals surface area contributed by atoms with Crippen molar-refractivity contribution in [2.75, 3.05) is 40.4 Å². The molecule has 0 aromatic heterocycles. The molecular formula is C10H23N3O2. The second-order valence-corrected chi connectivity index (χ2v) is 3.66. The lowest BCUT2D eigenvalue weighted by Gasteiger charge is -2.22. The summed E-state index contributed by atoms with van der Waals surface area (Å²) in [6.45, 7) is 4.95. The molecule has 0 aromatic rings. The molecule has 0 fully saturated rings. The van der Waals surface area contributed by atoms with Gasteiger partial charge in [0, 0.05) is 20.2 Å². The monoisotopic (exact) mass is 217 g/mol. The highest BCUT2D eigenvalue weighted by Gasteiger charge is 2.15. The van der Waals surface area contributed by atoms with Crippen LogP contribution in [0, 0.1) is 0 Å². The third kappa shape index (κ3) is 7.30. The normalized spacial score (nSPS) is 13.1. The number of primary amides is 1. The zero-order valence-corrected chi connectivity index (χ0v) is 9.95. The maximum atomic E-state index is 11.1. The molecule has 1 atom stereocenters. The van der Waals surface area contributed by atoms with Crippen molar-refractivity contribution in [1.29, 1.82) is 0 Å². The minimum absolute atomic E-state index is 0.271. The SMILES string of the molecule is CCCNC(CN(C)CCOC)C(N)=O. The van der Waals surface area contributed by atoms with E-state index in [1.165, 1.54) is 0 Å². The van der Waals surface area contributed by atoms with Crippen LogP contribution in [0.5, 0.6) is 0 Å². The number of nitrogens with two attached hydrogens (primary N) is 1. The molecule has 0 spiro atoms. The number of hydrogen-bond donors (Lipinski definition) is 2. The fourth-order valence-electron chi connectivity index (χ4n) is 1.22. The molecule has 1 amide bonds. The Kier molecular flexibility index (Phi) is 8.27. The van der Waals surface area contributed by atoms with E-state index in [4.69, 9.17) is 10.5 Å². The summed E-state index contributed by atoms with van der Waals surface area (Å²) in [5, 5.41) is 3.12. The van der Waals surface area contributed by atoms with Crippen LogP contribution >= 0.6 is 0 Å². The first-order valence-corrected chi connectivity index (χ1v) is 5.32. The number of nitrogens with zero attached hydrogens (tertiary/aromatic N) is 1. The predicted octanol–water partition coefficient (Wildman–Crippen LogP) is -0.582. The van der Waals surface area contributed by atoms with Crippen LogP contribution in [0.25, 0.3) is 0 Å². The van der Waals surface area contributed by atoms with E-state index in [0.717, 1.165) is 19.5 Å². The van der Waals surface area contributed by atoms with Crippen LogP contribution in [-0.2, 0) is 9.53 Å². The van der Waals surface area contributed by atoms with Gasteiger partial charge in [-0.2, -0.15) is 0 Å². The predicted molar refractivity (Wildman–Crippen MR) is 60.6 cm³/mol. The topological polar surface area (TPSA) is 67.6 Å². The van der Waals surface area contributed by atoms with Crippen LogP contribution < -0.4 is 11.1 Å². The van der Waals surface area contributed by atoms with E-state index in [-0.39, 0.29) is 11.9 Å². The molecule has 0 aliphatic carbocycles. The van der Waals surface area contributed by atoms with Crippen LogP contribution in [0.3, 0.4) is 0 Å². The van der Waals surface area contributed by atoms with Gasteiger partial charge in [-0.05, 0) is 20.0 Å². The van der Waals surface area contributed by atoms with Crippen LogP contribution in [0.2, 0.25) is 0 Å². The maximum absolute atomic E-state index is 11.1. The van der Waals surface area contributed by atoms with Crippen molar-refractivity contribution >= 4 is 5.91 Å². The molecule has 0 aromatic carbocycles. The molecule has 0 aliphatic heterocycles. The van der Waals surface area contributed by atoms with Crippen molar-refractivity contribution in [3.8, 4) is 0 Å². The van der Waals surface area contributed by atoms with E-state index in [2.05, 4.69) is 12.2 Å². The van der Waals surface area contributed by atoms with E-state index in [1.54, 1.807) is 7.11 Å². The molecule has 0 radical (unpaired) electrons. The Hall–Kier alpha value is -0.650. The summed E-state index contributed by atoms with van der Waals surface area (Å²) in [6.07, 6.45) is 0.992. The quantitative estimate of drug-likeness (QED) is 0.542. The average Bonchev–Trinajstić information content (AvgIpc) is 2.20. The van der Waals surface area contributed by atoms with Gasteiger partial charge in [0.05, 0.1) is 12.6 Å². The average molecular weight is 217 g/mol. The first-order chi connectivity index (χ1) is 7.11. The standard InChI is InChI=1S/C10H23N3O2/c1-4-5-12-9(10(11)14)8-13(2)6-7-15-3/h9,12H,4-8H2,1-3H3,(H2,11,14). The van der Waals surface area contributed by atoms with Gasteiger partial charge in [-0.3, -0.25) is 4.79 Å². The van der Waals surface area contributed by atoms with E-state index in [0.29, 0.717) is 13.2 Å². The van der Waals surface area contributed by atoms with Crippen molar-refractivity contribution < 1.29 is 9.53 Å². The fourth-order valence-corrected chi connectivity index (χ4v) is 1.22. The van der Waals surface area contributed by atoms with Crippen LogP contribution in [0.15, 0.2) is 0 Å². The van der Waals surface area contributed by atoms with E-state index in [9.17, 15) is 4.79 Å². The van der Waals surface area contributed by atoms with Gasteiger partial charge < -0.3 is 20.7 Å². The third-order valence-electron chi connectivity index (χ3n) is 2.16. The van der Waals surface area contributed by atoms with Gasteiger partial charge in [0.15, 0.2) is 0 Å². The van der Waals surface area contributed by atoms with E-state index in [1.807, 2.05) is 11.9 Å². The summed E-state index contributed by atoms with van der Waals surface area (Å²) in [5.41, 5.74) is 5.30. The molecule has 0 aliphatic rings. The minimum Gasteiger partial charge on any atom is -0.383 e. The van der Waals surface area contributed by atoms with Crippen LogP contribution in [-0.4, -0.2) is 57.2 Å². The van der Waals surface area contributed by atoms with Gasteiger partial charge in [0.25, 0.3) is 0 Å². The summed E-state index contributed by atoms with van der Waals surface area (Å²) in [7, 11) is 3.61. The molecule has 0 saturated heterocycles. The number of nitrogens with one attached hydrogen (secondary N) is 1. The molecule has 0 rings (SSSR count). The summed E-state index contributed by atoms with van der Waals surface area (Å²) in [5.74, 6) is -0.298. The van der Waals surface area contributed by atoms with Gasteiger partial charge >= 0.3 is 0 Å². The Morgan fingerprint density at radius 1 is 1.60 bits per heavy atom. The van der Waals surface area contributed by atoms with Gasteiger partial charge in [0.1, 0.15) is 0 Å². The lowest BCUT2D eigenvalue weighted by molar-refractivity contribution is -0.120. The molecule has 1 unspecified atom stereocenters. The number of hydrogen-bond acceptors (Lipinski definition) is 4. The zero-order valence-electron chi connectivity index (χ0n) is 9.95. The summed E-state index contributed by atoms with van der Waals surface area (Å²) >= 11 is 0. The number of carbonyl (C=O) groups is 1. The van der Waals surface area contributed by atoms with Crippen molar-refractivity contribution in [2.24, 2.45) is 5.73 Å². The largest absolute Gasteiger partial charge is 0.383 e. The van der Waals surface area contributed by atoms with E-state index >= 15 is 0 Å². The molecule has 0 bridgehead atoms. The van der Waals surface area contributed by atoms with Crippen LogP contribution in [0.1, 0.15) is 13.3 Å². The lowest BCUT2D eigenvalue weighted by atomic mass is 10.2. The van der Waals surface area contributed by atoms with Gasteiger partial charge in [-0.25, -0.2) is 0 Å². The molecule has 90 valence electrons. The third-order valence-corrected chi connectivity index (χ3v) is 2.16. The Balaban J connectivity index is 3.87. The number of rotatable bonds is 9. The van der Waals surface area contributed by atoms with E-state index < -0.39 is 0 Å². The fraction of sp³-hybridized carbons (Fsp3) is 0.900. The molecular weight excluding hydrogens is 194 g/mol. The Bertz CT molecular complexity index is 176. The van der Waals surface area contributed by atoms with Crippen molar-refractivity contribution in [3.05, 3.63) is 0 Å². The van der Waals surface area contributed by atoms with Gasteiger partial charge in [-0.1, -0.05) is 6.92 Å². The smallest absolute Gasteiger partial charge is 0.235 e. The highest BCUT2D eigenvalue weighted by Crippen LogP contribution is 1.90. The van der Waals surface area contributed by atoms with Crippen LogP contribution in [0.4, 0.5) is 0 Å². The summed E-state index contributed by atoms with van der Waals surface area (Å²) in [6, 6.07) is -0.271. The van der Waals surface area contributed by atoms with Crippen molar-refractivity contribution in [1.82, 2.24) is 10.2 Å². The Labute approximate surface area is 91.9 Å². The maximum Gasteiger partial charge on any atom is 0.235 e. The molecule has 3 N–H and O–H groups in total. The first-order valence-electron chi connectivity index (χ1n) is 5.32. The Morgan fingerprint density at radius 2 is 2.27 bits per heavy atom. The van der Waals surface area contributed by atoms with Gasteiger partial charge in [-0.15, -0.1) is 0 Å². The first kappa shape index (κ1) is 14.3. The second-order valence-electron chi connectivity index (χ2n) is 3.66. The highest BCUT2D eigenvalue weighted by atomic mass is 16.5. The van der Waals surface area contributed by atoms with Gasteiger partial charge in [0.2, 0.25) is 5.91 Å². The molecule has 5 heteroatoms.